The van der Waals surface area contributed by atoms with Crippen molar-refractivity contribution in [2.75, 3.05) is 6.79 Å². The Hall–Kier alpha value is -3.30. The highest BCUT2D eigenvalue weighted by Crippen LogP contribution is 2.35. The molecule has 7 nitrogen and oxygen atoms in total. The first-order chi connectivity index (χ1) is 15.8. The largest absolute Gasteiger partial charge is 0.471 e. The van der Waals surface area contributed by atoms with Crippen molar-refractivity contribution in [2.45, 2.75) is 56.9 Å². The fraction of sp³-hybridized carbons (Fsp3) is 0.435. The third-order valence-corrected chi connectivity index (χ3v) is 5.77. The zero-order chi connectivity index (χ0) is 23.4. The summed E-state index contributed by atoms with van der Waals surface area (Å²) in [7, 11) is 0. The number of rotatable bonds is 6. The molecule has 2 aliphatic rings. The first-order valence-electron chi connectivity index (χ1n) is 10.8. The molecule has 0 unspecified atom stereocenters. The number of hydrogen-bond acceptors (Lipinski definition) is 5. The summed E-state index contributed by atoms with van der Waals surface area (Å²) in [4.78, 5) is 30.5. The van der Waals surface area contributed by atoms with E-state index in [-0.39, 0.29) is 18.5 Å². The van der Waals surface area contributed by atoms with Gasteiger partial charge in [-0.25, -0.2) is 0 Å². The van der Waals surface area contributed by atoms with Crippen LogP contribution in [0.2, 0.25) is 0 Å². The van der Waals surface area contributed by atoms with Gasteiger partial charge in [-0.1, -0.05) is 31.4 Å². The number of ether oxygens (including phenoxy) is 2. The van der Waals surface area contributed by atoms with E-state index < -0.39 is 30.6 Å². The van der Waals surface area contributed by atoms with Crippen LogP contribution in [0.1, 0.15) is 49.4 Å². The van der Waals surface area contributed by atoms with Gasteiger partial charge in [-0.05, 0) is 42.7 Å². The van der Waals surface area contributed by atoms with Crippen LogP contribution >= 0.6 is 0 Å². The minimum atomic E-state index is -5.17. The number of hydrogen-bond donors (Lipinski definition) is 1. The Morgan fingerprint density at radius 3 is 2.55 bits per heavy atom. The molecule has 1 aromatic carbocycles. The van der Waals surface area contributed by atoms with E-state index in [1.807, 2.05) is 0 Å². The number of amides is 2. The van der Waals surface area contributed by atoms with Crippen LogP contribution in [0, 0.1) is 0 Å². The van der Waals surface area contributed by atoms with Gasteiger partial charge in [0.25, 0.3) is 0 Å². The van der Waals surface area contributed by atoms with Crippen LogP contribution in [0.15, 0.2) is 42.6 Å². The molecule has 33 heavy (non-hydrogen) atoms. The lowest BCUT2D eigenvalue weighted by molar-refractivity contribution is -0.189. The molecule has 0 saturated heterocycles. The van der Waals surface area contributed by atoms with Crippen molar-refractivity contribution in [1.29, 1.82) is 0 Å². The average Bonchev–Trinajstić information content (AvgIpc) is 3.27. The number of halogens is 3. The van der Waals surface area contributed by atoms with E-state index in [0.29, 0.717) is 22.0 Å². The SMILES string of the molecule is O=C(NC1CCCCC1)[C@@H](c1ccccn1)N(Cc1ccc2c(c1)OCO2)C(=O)C(F)(F)F. The number of alkyl halides is 3. The lowest BCUT2D eigenvalue weighted by Gasteiger charge is -2.33. The summed E-state index contributed by atoms with van der Waals surface area (Å²) in [6.45, 7) is -0.460. The van der Waals surface area contributed by atoms with E-state index in [1.165, 1.54) is 18.3 Å². The molecule has 1 aliphatic carbocycles. The van der Waals surface area contributed by atoms with Gasteiger partial charge in [0.2, 0.25) is 12.7 Å². The minimum absolute atomic E-state index is 0.00430. The fourth-order valence-electron chi connectivity index (χ4n) is 4.18. The maximum absolute atomic E-state index is 13.6. The molecule has 1 saturated carbocycles. The van der Waals surface area contributed by atoms with Gasteiger partial charge in [0.15, 0.2) is 17.5 Å². The van der Waals surface area contributed by atoms with Crippen molar-refractivity contribution in [3.8, 4) is 11.5 Å². The third-order valence-electron chi connectivity index (χ3n) is 5.77. The maximum Gasteiger partial charge on any atom is 0.471 e. The molecule has 2 amide bonds. The normalized spacial score (nSPS) is 16.8. The van der Waals surface area contributed by atoms with Crippen LogP contribution in [0.25, 0.3) is 0 Å². The van der Waals surface area contributed by atoms with Gasteiger partial charge in [0.1, 0.15) is 0 Å². The lowest BCUT2D eigenvalue weighted by atomic mass is 9.95. The van der Waals surface area contributed by atoms with Crippen molar-refractivity contribution < 1.29 is 32.2 Å². The molecule has 1 aliphatic heterocycles. The van der Waals surface area contributed by atoms with E-state index in [1.54, 1.807) is 24.3 Å². The molecule has 4 rings (SSSR count). The molecular weight excluding hydrogens is 439 g/mol. The molecule has 1 N–H and O–H groups in total. The molecule has 0 radical (unpaired) electrons. The predicted molar refractivity (Wildman–Crippen MR) is 111 cm³/mol. The van der Waals surface area contributed by atoms with Crippen LogP contribution in [-0.2, 0) is 16.1 Å². The molecule has 0 spiro atoms. The average molecular weight is 463 g/mol. The molecule has 1 fully saturated rings. The van der Waals surface area contributed by atoms with Gasteiger partial charge >= 0.3 is 12.1 Å². The number of fused-ring (bicyclic) bond motifs is 1. The Bertz CT molecular complexity index is 994. The van der Waals surface area contributed by atoms with E-state index >= 15 is 0 Å². The minimum Gasteiger partial charge on any atom is -0.454 e. The topological polar surface area (TPSA) is 80.8 Å². The number of nitrogens with one attached hydrogen (secondary N) is 1. The molecule has 1 aromatic heterocycles. The first-order valence-corrected chi connectivity index (χ1v) is 10.8. The van der Waals surface area contributed by atoms with Gasteiger partial charge in [-0.15, -0.1) is 0 Å². The van der Waals surface area contributed by atoms with E-state index in [0.717, 1.165) is 32.1 Å². The van der Waals surface area contributed by atoms with Gasteiger partial charge in [-0.3, -0.25) is 14.6 Å². The highest BCUT2D eigenvalue weighted by molar-refractivity contribution is 5.90. The summed E-state index contributed by atoms with van der Waals surface area (Å²) in [6.07, 6.45) is 0.621. The molecular formula is C23H24F3N3O4. The second-order valence-electron chi connectivity index (χ2n) is 8.12. The highest BCUT2D eigenvalue weighted by atomic mass is 19.4. The number of aromatic nitrogens is 1. The first kappa shape index (κ1) is 22.9. The van der Waals surface area contributed by atoms with Gasteiger partial charge in [0.05, 0.1) is 5.69 Å². The van der Waals surface area contributed by atoms with Crippen LogP contribution in [0.5, 0.6) is 11.5 Å². The zero-order valence-electron chi connectivity index (χ0n) is 17.8. The van der Waals surface area contributed by atoms with Crippen molar-refractivity contribution >= 4 is 11.8 Å². The fourth-order valence-corrected chi connectivity index (χ4v) is 4.18. The van der Waals surface area contributed by atoms with E-state index in [4.69, 9.17) is 9.47 Å². The summed E-state index contributed by atoms with van der Waals surface area (Å²) >= 11 is 0. The second-order valence-corrected chi connectivity index (χ2v) is 8.12. The van der Waals surface area contributed by atoms with Crippen molar-refractivity contribution in [1.82, 2.24) is 15.2 Å². The number of benzene rings is 1. The maximum atomic E-state index is 13.6. The molecule has 2 heterocycles. The lowest BCUT2D eigenvalue weighted by Crippen LogP contribution is -2.50. The highest BCUT2D eigenvalue weighted by Gasteiger charge is 2.47. The summed E-state index contributed by atoms with van der Waals surface area (Å²) in [5.74, 6) is -1.97. The summed E-state index contributed by atoms with van der Waals surface area (Å²) in [5.41, 5.74) is 0.424. The number of pyridine rings is 1. The van der Waals surface area contributed by atoms with Gasteiger partial charge in [-0.2, -0.15) is 13.2 Å². The Morgan fingerprint density at radius 1 is 1.09 bits per heavy atom. The number of nitrogens with zero attached hydrogens (tertiary/aromatic N) is 2. The third kappa shape index (κ3) is 5.37. The van der Waals surface area contributed by atoms with E-state index in [9.17, 15) is 22.8 Å². The van der Waals surface area contributed by atoms with Crippen LogP contribution in [0.4, 0.5) is 13.2 Å². The Morgan fingerprint density at radius 2 is 1.85 bits per heavy atom. The number of carbonyl (C=O) groups excluding carboxylic acids is 2. The van der Waals surface area contributed by atoms with Crippen molar-refractivity contribution in [3.05, 3.63) is 53.9 Å². The Kier molecular flexibility index (Phi) is 6.71. The van der Waals surface area contributed by atoms with Gasteiger partial charge in [0, 0.05) is 18.8 Å². The van der Waals surface area contributed by atoms with Crippen LogP contribution in [-0.4, -0.2) is 40.7 Å². The van der Waals surface area contributed by atoms with E-state index in [2.05, 4.69) is 10.3 Å². The predicted octanol–water partition coefficient (Wildman–Crippen LogP) is 3.89. The summed E-state index contributed by atoms with van der Waals surface area (Å²) < 4.78 is 51.4. The van der Waals surface area contributed by atoms with Crippen LogP contribution in [0.3, 0.4) is 0 Å². The summed E-state index contributed by atoms with van der Waals surface area (Å²) in [6, 6.07) is 7.52. The quantitative estimate of drug-likeness (QED) is 0.703. The monoisotopic (exact) mass is 463 g/mol. The molecule has 0 bridgehead atoms. The van der Waals surface area contributed by atoms with Gasteiger partial charge < -0.3 is 19.7 Å². The summed E-state index contributed by atoms with van der Waals surface area (Å²) in [5, 5.41) is 2.85. The smallest absolute Gasteiger partial charge is 0.454 e. The molecule has 10 heteroatoms. The van der Waals surface area contributed by atoms with Crippen molar-refractivity contribution in [3.63, 3.8) is 0 Å². The number of carbonyl (C=O) groups is 2. The van der Waals surface area contributed by atoms with Crippen LogP contribution < -0.4 is 14.8 Å². The Balaban J connectivity index is 1.69. The molecule has 176 valence electrons. The molecule has 1 atom stereocenters. The second kappa shape index (κ2) is 9.68. The van der Waals surface area contributed by atoms with Crippen molar-refractivity contribution in [2.24, 2.45) is 0 Å². The molecule has 2 aromatic rings. The Labute approximate surface area is 188 Å². The standard InChI is InChI=1S/C23H24F3N3O4/c24-23(25,26)22(31)29(13-15-9-10-18-19(12-15)33-14-32-18)20(17-8-4-5-11-27-17)21(30)28-16-6-2-1-3-7-16/h4-5,8-12,16,20H,1-3,6-7,13-14H2,(H,28,30)/t20-/m1/s1. The zero-order valence-corrected chi connectivity index (χ0v) is 17.8.